The van der Waals surface area contributed by atoms with E-state index in [0.717, 1.165) is 25.9 Å². The number of hydrogen-bond donors (Lipinski definition) is 1. The Balaban J connectivity index is 2.26. The SMILES string of the molecule is CN(C)CCC1(F)CCCNC1. The minimum Gasteiger partial charge on any atom is -0.314 e. The van der Waals surface area contributed by atoms with Gasteiger partial charge in [0.25, 0.3) is 0 Å². The molecule has 0 spiro atoms. The van der Waals surface area contributed by atoms with Crippen LogP contribution in [0, 0.1) is 0 Å². The maximum absolute atomic E-state index is 13.8. The number of nitrogens with one attached hydrogen (secondary N) is 1. The van der Waals surface area contributed by atoms with Crippen molar-refractivity contribution in [1.82, 2.24) is 10.2 Å². The van der Waals surface area contributed by atoms with E-state index in [1.54, 1.807) is 0 Å². The molecule has 0 saturated carbocycles. The van der Waals surface area contributed by atoms with E-state index in [4.69, 9.17) is 0 Å². The zero-order valence-electron chi connectivity index (χ0n) is 8.07. The first-order valence-corrected chi connectivity index (χ1v) is 4.67. The van der Waals surface area contributed by atoms with Crippen molar-refractivity contribution in [3.05, 3.63) is 0 Å². The summed E-state index contributed by atoms with van der Waals surface area (Å²) < 4.78 is 13.8. The van der Waals surface area contributed by atoms with E-state index in [1.807, 2.05) is 19.0 Å². The van der Waals surface area contributed by atoms with Crippen LogP contribution in [0.1, 0.15) is 19.3 Å². The maximum Gasteiger partial charge on any atom is 0.124 e. The fraction of sp³-hybridized carbons (Fsp3) is 1.00. The molecule has 3 heteroatoms. The van der Waals surface area contributed by atoms with E-state index < -0.39 is 5.67 Å². The third kappa shape index (κ3) is 3.07. The largest absolute Gasteiger partial charge is 0.314 e. The highest BCUT2D eigenvalue weighted by Gasteiger charge is 2.30. The minimum atomic E-state index is -0.942. The summed E-state index contributed by atoms with van der Waals surface area (Å²) in [6.07, 6.45) is 2.37. The second kappa shape index (κ2) is 4.19. The van der Waals surface area contributed by atoms with Gasteiger partial charge in [-0.05, 0) is 39.9 Å². The Kier molecular flexibility index (Phi) is 3.47. The highest BCUT2D eigenvalue weighted by atomic mass is 19.1. The maximum atomic E-state index is 13.8. The van der Waals surface area contributed by atoms with Crippen molar-refractivity contribution in [1.29, 1.82) is 0 Å². The molecule has 1 aliphatic heterocycles. The van der Waals surface area contributed by atoms with Crippen LogP contribution in [0.2, 0.25) is 0 Å². The molecule has 0 aliphatic carbocycles. The van der Waals surface area contributed by atoms with E-state index in [9.17, 15) is 4.39 Å². The van der Waals surface area contributed by atoms with Crippen molar-refractivity contribution in [3.63, 3.8) is 0 Å². The van der Waals surface area contributed by atoms with Gasteiger partial charge in [0.15, 0.2) is 0 Å². The van der Waals surface area contributed by atoms with Gasteiger partial charge in [0.1, 0.15) is 5.67 Å². The van der Waals surface area contributed by atoms with Crippen molar-refractivity contribution in [2.45, 2.75) is 24.9 Å². The number of halogens is 1. The van der Waals surface area contributed by atoms with Gasteiger partial charge < -0.3 is 10.2 Å². The third-order valence-electron chi connectivity index (χ3n) is 2.43. The van der Waals surface area contributed by atoms with Gasteiger partial charge in [-0.15, -0.1) is 0 Å². The molecule has 1 saturated heterocycles. The van der Waals surface area contributed by atoms with E-state index >= 15 is 0 Å². The minimum absolute atomic E-state index is 0.542. The van der Waals surface area contributed by atoms with E-state index in [1.165, 1.54) is 0 Å². The average molecular weight is 174 g/mol. The second-order valence-corrected chi connectivity index (χ2v) is 3.98. The Morgan fingerprint density at radius 2 is 2.25 bits per heavy atom. The van der Waals surface area contributed by atoms with Gasteiger partial charge in [-0.3, -0.25) is 0 Å². The standard InChI is InChI=1S/C9H19FN2/c1-12(2)7-5-9(10)4-3-6-11-8-9/h11H,3-8H2,1-2H3. The topological polar surface area (TPSA) is 15.3 Å². The number of rotatable bonds is 3. The Hall–Kier alpha value is -0.150. The fourth-order valence-electron chi connectivity index (χ4n) is 1.57. The molecular weight excluding hydrogens is 155 g/mol. The van der Waals surface area contributed by atoms with Crippen molar-refractivity contribution >= 4 is 0 Å². The molecule has 1 unspecified atom stereocenters. The predicted molar refractivity (Wildman–Crippen MR) is 49.1 cm³/mol. The van der Waals surface area contributed by atoms with E-state index in [-0.39, 0.29) is 0 Å². The molecule has 1 N–H and O–H groups in total. The summed E-state index contributed by atoms with van der Waals surface area (Å²) in [5.74, 6) is 0. The van der Waals surface area contributed by atoms with Gasteiger partial charge in [0, 0.05) is 13.1 Å². The Bertz CT molecular complexity index is 130. The third-order valence-corrected chi connectivity index (χ3v) is 2.43. The molecule has 1 aliphatic rings. The average Bonchev–Trinajstić information content (AvgIpc) is 2.03. The first kappa shape index (κ1) is 9.93. The number of hydrogen-bond acceptors (Lipinski definition) is 2. The first-order valence-electron chi connectivity index (χ1n) is 4.67. The van der Waals surface area contributed by atoms with Crippen LogP contribution in [0.15, 0.2) is 0 Å². The molecule has 0 radical (unpaired) electrons. The summed E-state index contributed by atoms with van der Waals surface area (Å²) in [7, 11) is 3.97. The fourth-order valence-corrected chi connectivity index (χ4v) is 1.57. The molecule has 0 aromatic rings. The van der Waals surface area contributed by atoms with Crippen molar-refractivity contribution in [2.24, 2.45) is 0 Å². The van der Waals surface area contributed by atoms with E-state index in [0.29, 0.717) is 13.0 Å². The molecule has 1 fully saturated rings. The summed E-state index contributed by atoms with van der Waals surface area (Å²) in [6.45, 7) is 2.37. The van der Waals surface area contributed by atoms with Crippen LogP contribution in [-0.4, -0.2) is 44.3 Å². The Morgan fingerprint density at radius 3 is 2.75 bits per heavy atom. The molecule has 12 heavy (non-hydrogen) atoms. The molecule has 2 nitrogen and oxygen atoms in total. The second-order valence-electron chi connectivity index (χ2n) is 3.98. The molecule has 0 amide bonds. The molecule has 1 rings (SSSR count). The first-order chi connectivity index (χ1) is 5.62. The summed E-state index contributed by atoms with van der Waals surface area (Å²) in [4.78, 5) is 2.04. The number of alkyl halides is 1. The van der Waals surface area contributed by atoms with E-state index in [2.05, 4.69) is 5.32 Å². The zero-order valence-corrected chi connectivity index (χ0v) is 8.07. The molecule has 1 atom stereocenters. The number of piperidine rings is 1. The highest BCUT2D eigenvalue weighted by Crippen LogP contribution is 2.24. The van der Waals surface area contributed by atoms with Gasteiger partial charge in [-0.2, -0.15) is 0 Å². The molecule has 1 heterocycles. The smallest absolute Gasteiger partial charge is 0.124 e. The molecule has 72 valence electrons. The van der Waals surface area contributed by atoms with Crippen LogP contribution in [0.5, 0.6) is 0 Å². The van der Waals surface area contributed by atoms with Crippen LogP contribution >= 0.6 is 0 Å². The van der Waals surface area contributed by atoms with Crippen molar-refractivity contribution < 1.29 is 4.39 Å². The predicted octanol–water partition coefficient (Wildman–Crippen LogP) is 1.03. The lowest BCUT2D eigenvalue weighted by Crippen LogP contribution is -2.43. The van der Waals surface area contributed by atoms with Crippen LogP contribution in [-0.2, 0) is 0 Å². The summed E-state index contributed by atoms with van der Waals surface area (Å²) >= 11 is 0. The van der Waals surface area contributed by atoms with Crippen LogP contribution in [0.3, 0.4) is 0 Å². The van der Waals surface area contributed by atoms with Gasteiger partial charge in [0.2, 0.25) is 0 Å². The monoisotopic (exact) mass is 174 g/mol. The van der Waals surface area contributed by atoms with Gasteiger partial charge in [0.05, 0.1) is 0 Å². The molecular formula is C9H19FN2. The van der Waals surface area contributed by atoms with Crippen molar-refractivity contribution in [3.8, 4) is 0 Å². The molecule has 0 bridgehead atoms. The molecule has 0 aromatic heterocycles. The van der Waals surface area contributed by atoms with Gasteiger partial charge in [-0.1, -0.05) is 0 Å². The Morgan fingerprint density at radius 1 is 1.50 bits per heavy atom. The van der Waals surface area contributed by atoms with Crippen LogP contribution in [0.4, 0.5) is 4.39 Å². The quantitative estimate of drug-likeness (QED) is 0.687. The summed E-state index contributed by atoms with van der Waals surface area (Å²) in [6, 6.07) is 0. The van der Waals surface area contributed by atoms with Crippen LogP contribution in [0.25, 0.3) is 0 Å². The highest BCUT2D eigenvalue weighted by molar-refractivity contribution is 4.86. The van der Waals surface area contributed by atoms with Crippen molar-refractivity contribution in [2.75, 3.05) is 33.7 Å². The summed E-state index contributed by atoms with van der Waals surface area (Å²) in [5.41, 5.74) is -0.942. The zero-order chi connectivity index (χ0) is 9.03. The van der Waals surface area contributed by atoms with Crippen LogP contribution < -0.4 is 5.32 Å². The lowest BCUT2D eigenvalue weighted by molar-refractivity contribution is 0.101. The normalized spacial score (nSPS) is 31.0. The lowest BCUT2D eigenvalue weighted by Gasteiger charge is -2.31. The summed E-state index contributed by atoms with van der Waals surface area (Å²) in [5, 5.41) is 3.11. The number of nitrogens with zero attached hydrogens (tertiary/aromatic N) is 1. The lowest BCUT2D eigenvalue weighted by atomic mass is 9.92. The Labute approximate surface area is 74.1 Å². The van der Waals surface area contributed by atoms with Gasteiger partial charge >= 0.3 is 0 Å². The molecule has 0 aromatic carbocycles. The van der Waals surface area contributed by atoms with Gasteiger partial charge in [-0.25, -0.2) is 4.39 Å².